The number of aliphatic hydroxyl groups is 1. The van der Waals surface area contributed by atoms with Crippen molar-refractivity contribution in [2.45, 2.75) is 55.6 Å². The molecule has 3 aliphatic carbocycles. The van der Waals surface area contributed by atoms with E-state index in [1.54, 1.807) is 0 Å². The molecule has 0 aliphatic heterocycles. The van der Waals surface area contributed by atoms with E-state index in [4.69, 9.17) is 4.74 Å². The minimum atomic E-state index is -3.03. The number of thiophene rings is 1. The molecule has 166 valence electrons. The van der Waals surface area contributed by atoms with Crippen LogP contribution in [-0.4, -0.2) is 34.3 Å². The van der Waals surface area contributed by atoms with Gasteiger partial charge in [0.25, 0.3) is 11.5 Å². The van der Waals surface area contributed by atoms with Crippen LogP contribution in [0.25, 0.3) is 6.08 Å². The molecule has 2 N–H and O–H groups in total. The van der Waals surface area contributed by atoms with Gasteiger partial charge in [-0.3, -0.25) is 14.3 Å². The molecule has 3 atom stereocenters. The van der Waals surface area contributed by atoms with Gasteiger partial charge >= 0.3 is 5.69 Å². The first kappa shape index (κ1) is 20.7. The summed E-state index contributed by atoms with van der Waals surface area (Å²) in [6.07, 6.45) is 1.47. The number of hydrogen-bond acceptors (Lipinski definition) is 5. The van der Waals surface area contributed by atoms with Gasteiger partial charge in [0.15, 0.2) is 0 Å². The number of aromatic amines is 1. The average Bonchev–Trinajstić information content (AvgIpc) is 3.45. The van der Waals surface area contributed by atoms with Gasteiger partial charge in [0, 0.05) is 29.3 Å². The molecule has 0 aromatic carbocycles. The van der Waals surface area contributed by atoms with E-state index in [-0.39, 0.29) is 24.4 Å². The summed E-state index contributed by atoms with van der Waals surface area (Å²) >= 11 is 1.22. The predicted octanol–water partition coefficient (Wildman–Crippen LogP) is 3.39. The van der Waals surface area contributed by atoms with Crippen molar-refractivity contribution in [3.63, 3.8) is 0 Å². The van der Waals surface area contributed by atoms with E-state index in [1.165, 1.54) is 29.1 Å². The van der Waals surface area contributed by atoms with Crippen molar-refractivity contribution in [2.75, 3.05) is 13.7 Å². The smallest absolute Gasteiger partial charge is 0.328 e. The fourth-order valence-electron chi connectivity index (χ4n) is 4.79. The molecule has 0 bridgehead atoms. The number of alkyl halides is 2. The molecule has 1 fully saturated rings. The van der Waals surface area contributed by atoms with Gasteiger partial charge in [-0.05, 0) is 37.0 Å². The second-order valence-corrected chi connectivity index (χ2v) is 9.51. The summed E-state index contributed by atoms with van der Waals surface area (Å²) in [5, 5.41) is 9.58. The topological polar surface area (TPSA) is 84.3 Å². The van der Waals surface area contributed by atoms with Crippen LogP contribution in [0.3, 0.4) is 0 Å². The number of H-pyrrole nitrogens is 1. The molecule has 31 heavy (non-hydrogen) atoms. The second kappa shape index (κ2) is 7.18. The average molecular weight is 454 g/mol. The van der Waals surface area contributed by atoms with E-state index >= 15 is 4.39 Å². The van der Waals surface area contributed by atoms with Gasteiger partial charge in [-0.15, -0.1) is 11.3 Å². The number of fused-ring (bicyclic) bond motifs is 2. The van der Waals surface area contributed by atoms with Crippen molar-refractivity contribution < 1.29 is 23.0 Å². The SMILES string of the molecule is COC1c2c(c(=O)[nH]c(=O)n2C2CC2)C=C(F)C1c1cc2c(s1)CCC(F)(F)C2CO. The zero-order valence-corrected chi connectivity index (χ0v) is 17.5. The molecule has 10 heteroatoms. The second-order valence-electron chi connectivity index (χ2n) is 8.35. The number of hydrogen-bond donors (Lipinski definition) is 2. The van der Waals surface area contributed by atoms with E-state index < -0.39 is 47.5 Å². The number of halogens is 3. The van der Waals surface area contributed by atoms with Gasteiger partial charge < -0.3 is 9.84 Å². The highest BCUT2D eigenvalue weighted by atomic mass is 32.1. The van der Waals surface area contributed by atoms with Crippen molar-refractivity contribution >= 4 is 17.4 Å². The van der Waals surface area contributed by atoms with Crippen LogP contribution in [0.2, 0.25) is 0 Å². The number of nitrogens with one attached hydrogen (secondary N) is 1. The molecule has 2 heterocycles. The Kier molecular flexibility index (Phi) is 4.80. The van der Waals surface area contributed by atoms with E-state index in [2.05, 4.69) is 4.98 Å². The van der Waals surface area contributed by atoms with Gasteiger partial charge in [-0.25, -0.2) is 18.0 Å². The molecule has 0 radical (unpaired) electrons. The molecule has 0 saturated heterocycles. The Bertz CT molecular complexity index is 1190. The van der Waals surface area contributed by atoms with Crippen LogP contribution in [0.4, 0.5) is 13.2 Å². The Balaban J connectivity index is 1.66. The Morgan fingerprint density at radius 2 is 2.10 bits per heavy atom. The van der Waals surface area contributed by atoms with Gasteiger partial charge in [0.05, 0.1) is 29.7 Å². The normalized spacial score (nSPS) is 26.9. The summed E-state index contributed by atoms with van der Waals surface area (Å²) in [5.41, 5.74) is -0.544. The molecule has 2 aromatic rings. The lowest BCUT2D eigenvalue weighted by Gasteiger charge is -2.31. The largest absolute Gasteiger partial charge is 0.396 e. The Morgan fingerprint density at radius 1 is 1.35 bits per heavy atom. The number of nitrogens with zero attached hydrogens (tertiary/aromatic N) is 1. The number of ether oxygens (including phenoxy) is 1. The number of rotatable bonds is 4. The molecule has 5 rings (SSSR count). The number of aromatic nitrogens is 2. The Hall–Kier alpha value is -2.17. The minimum absolute atomic E-state index is 0.0492. The molecule has 3 aliphatic rings. The number of methoxy groups -OCH3 is 1. The summed E-state index contributed by atoms with van der Waals surface area (Å²) in [7, 11) is 1.38. The summed E-state index contributed by atoms with van der Waals surface area (Å²) in [5.74, 6) is -5.96. The van der Waals surface area contributed by atoms with E-state index in [9.17, 15) is 23.5 Å². The van der Waals surface area contributed by atoms with Crippen molar-refractivity contribution in [1.82, 2.24) is 9.55 Å². The third-order valence-corrected chi connectivity index (χ3v) is 7.75. The molecular weight excluding hydrogens is 433 g/mol. The van der Waals surface area contributed by atoms with Gasteiger partial charge in [0.2, 0.25) is 0 Å². The molecule has 6 nitrogen and oxygen atoms in total. The van der Waals surface area contributed by atoms with Crippen LogP contribution in [0.15, 0.2) is 21.5 Å². The fraction of sp³-hybridized carbons (Fsp3) is 0.524. The first-order valence-corrected chi connectivity index (χ1v) is 11.0. The zero-order chi connectivity index (χ0) is 22.1. The molecule has 0 amide bonds. The summed E-state index contributed by atoms with van der Waals surface area (Å²) in [6, 6.07) is 1.44. The first-order valence-electron chi connectivity index (χ1n) is 10.2. The molecular formula is C21H21F3N2O4S. The van der Waals surface area contributed by atoms with Crippen molar-refractivity contribution in [1.29, 1.82) is 0 Å². The van der Waals surface area contributed by atoms with Gasteiger partial charge in [-0.1, -0.05) is 0 Å². The lowest BCUT2D eigenvalue weighted by atomic mass is 9.83. The van der Waals surface area contributed by atoms with Crippen molar-refractivity contribution in [3.8, 4) is 0 Å². The van der Waals surface area contributed by atoms with Gasteiger partial charge in [-0.2, -0.15) is 0 Å². The number of aryl methyl sites for hydroxylation is 1. The van der Waals surface area contributed by atoms with Crippen LogP contribution in [0.1, 0.15) is 69.8 Å². The quantitative estimate of drug-likeness (QED) is 0.742. The molecule has 1 saturated carbocycles. The van der Waals surface area contributed by atoms with E-state index in [0.29, 0.717) is 21.0 Å². The summed E-state index contributed by atoms with van der Waals surface area (Å²) in [6.45, 7) is -0.702. The predicted molar refractivity (Wildman–Crippen MR) is 109 cm³/mol. The third kappa shape index (κ3) is 3.15. The monoisotopic (exact) mass is 454 g/mol. The van der Waals surface area contributed by atoms with Crippen molar-refractivity contribution in [2.24, 2.45) is 0 Å². The van der Waals surface area contributed by atoms with Crippen LogP contribution in [-0.2, 0) is 11.2 Å². The lowest BCUT2D eigenvalue weighted by molar-refractivity contribution is -0.0555. The molecule has 2 aromatic heterocycles. The zero-order valence-electron chi connectivity index (χ0n) is 16.7. The van der Waals surface area contributed by atoms with Gasteiger partial charge in [0.1, 0.15) is 11.9 Å². The lowest BCUT2D eigenvalue weighted by Crippen LogP contribution is -2.38. The highest BCUT2D eigenvalue weighted by Gasteiger charge is 2.47. The van der Waals surface area contributed by atoms with E-state index in [1.807, 2.05) is 0 Å². The minimum Gasteiger partial charge on any atom is -0.396 e. The highest BCUT2D eigenvalue weighted by Crippen LogP contribution is 2.52. The van der Waals surface area contributed by atoms with Crippen LogP contribution >= 0.6 is 11.3 Å². The standard InChI is InChI=1S/C21H21F3N2O4S/c1-30-18-16(15-7-10-12(8-27)21(23,24)5-4-14(10)31-15)13(22)6-11-17(18)26(9-2-3-9)20(29)25-19(11)28/h6-7,9,12,16,18,27H,2-5,8H2,1H3,(H,25,28,29). The van der Waals surface area contributed by atoms with Crippen LogP contribution < -0.4 is 11.2 Å². The maximum absolute atomic E-state index is 15.3. The maximum Gasteiger partial charge on any atom is 0.328 e. The van der Waals surface area contributed by atoms with Crippen LogP contribution in [0, 0.1) is 0 Å². The Labute approximate surface area is 179 Å². The Morgan fingerprint density at radius 3 is 2.74 bits per heavy atom. The molecule has 3 unspecified atom stereocenters. The fourth-order valence-corrected chi connectivity index (χ4v) is 6.15. The summed E-state index contributed by atoms with van der Waals surface area (Å²) < 4.78 is 51.0. The number of aliphatic hydroxyl groups excluding tert-OH is 1. The van der Waals surface area contributed by atoms with Crippen LogP contribution in [0.5, 0.6) is 0 Å². The maximum atomic E-state index is 15.3. The van der Waals surface area contributed by atoms with E-state index in [0.717, 1.165) is 18.9 Å². The van der Waals surface area contributed by atoms with Crippen molar-refractivity contribution in [3.05, 3.63) is 59.3 Å². The summed E-state index contributed by atoms with van der Waals surface area (Å²) in [4.78, 5) is 28.3. The third-order valence-electron chi connectivity index (χ3n) is 6.46. The highest BCUT2D eigenvalue weighted by molar-refractivity contribution is 7.12. The molecule has 0 spiro atoms. The first-order chi connectivity index (χ1) is 14.8.